The van der Waals surface area contributed by atoms with Crippen molar-refractivity contribution in [3.8, 4) is 0 Å². The van der Waals surface area contributed by atoms with E-state index in [-0.39, 0.29) is 11.8 Å². The van der Waals surface area contributed by atoms with Crippen LogP contribution in [-0.4, -0.2) is 35.0 Å². The van der Waals surface area contributed by atoms with E-state index in [0.29, 0.717) is 6.04 Å². The maximum atomic E-state index is 11.3. The zero-order chi connectivity index (χ0) is 15.8. The van der Waals surface area contributed by atoms with Gasteiger partial charge in [0.2, 0.25) is 11.9 Å². The van der Waals surface area contributed by atoms with Crippen molar-refractivity contribution in [3.05, 3.63) is 24.3 Å². The van der Waals surface area contributed by atoms with E-state index in [1.807, 2.05) is 18.2 Å². The number of amides is 1. The highest BCUT2D eigenvalue weighted by molar-refractivity contribution is 5.90. The number of hydrogen-bond donors (Lipinski definition) is 2. The number of fused-ring (bicyclic) bond motifs is 1. The summed E-state index contributed by atoms with van der Waals surface area (Å²) in [7, 11) is 0. The fourth-order valence-electron chi connectivity index (χ4n) is 3.10. The van der Waals surface area contributed by atoms with Gasteiger partial charge in [-0.25, -0.2) is 4.98 Å². The number of nitrogens with one attached hydrogen (secondary N) is 1. The van der Waals surface area contributed by atoms with E-state index in [1.54, 1.807) is 0 Å². The molecule has 1 aliphatic carbocycles. The van der Waals surface area contributed by atoms with Crippen LogP contribution in [-0.2, 0) is 4.79 Å². The third-order valence-corrected chi connectivity index (χ3v) is 4.69. The van der Waals surface area contributed by atoms with Crippen LogP contribution in [0.2, 0.25) is 0 Å². The number of primary amides is 1. The Labute approximate surface area is 135 Å². The van der Waals surface area contributed by atoms with Crippen LogP contribution in [0.15, 0.2) is 24.3 Å². The van der Waals surface area contributed by atoms with E-state index in [1.165, 1.54) is 12.8 Å². The first-order valence-corrected chi connectivity index (χ1v) is 8.28. The number of benzene rings is 1. The molecule has 0 spiro atoms. The highest BCUT2D eigenvalue weighted by Crippen LogP contribution is 2.30. The molecule has 120 valence electrons. The summed E-state index contributed by atoms with van der Waals surface area (Å²) >= 11 is 0. The van der Waals surface area contributed by atoms with Gasteiger partial charge in [-0.2, -0.15) is 4.98 Å². The molecule has 1 aromatic heterocycles. The first-order chi connectivity index (χ1) is 11.2. The third-order valence-electron chi connectivity index (χ3n) is 4.69. The molecule has 2 aromatic rings. The van der Waals surface area contributed by atoms with E-state index < -0.39 is 0 Å². The van der Waals surface area contributed by atoms with Crippen LogP contribution in [0.25, 0.3) is 10.9 Å². The number of nitrogens with two attached hydrogens (primary N) is 1. The summed E-state index contributed by atoms with van der Waals surface area (Å²) in [6, 6.07) is 8.64. The molecular formula is C17H21N5O. The highest BCUT2D eigenvalue weighted by atomic mass is 16.1. The van der Waals surface area contributed by atoms with Gasteiger partial charge in [0.15, 0.2) is 0 Å². The Bertz CT molecular complexity index is 735. The third kappa shape index (κ3) is 2.93. The lowest BCUT2D eigenvalue weighted by Gasteiger charge is -2.31. The van der Waals surface area contributed by atoms with Crippen molar-refractivity contribution in [2.75, 3.05) is 23.3 Å². The van der Waals surface area contributed by atoms with Crippen molar-refractivity contribution in [2.24, 2.45) is 11.7 Å². The topological polar surface area (TPSA) is 84.1 Å². The van der Waals surface area contributed by atoms with Crippen LogP contribution in [0.3, 0.4) is 0 Å². The maximum Gasteiger partial charge on any atom is 0.227 e. The van der Waals surface area contributed by atoms with E-state index in [2.05, 4.69) is 16.3 Å². The van der Waals surface area contributed by atoms with Gasteiger partial charge in [-0.05, 0) is 37.8 Å². The number of nitrogens with zero attached hydrogens (tertiary/aromatic N) is 3. The molecule has 0 atom stereocenters. The molecule has 0 unspecified atom stereocenters. The summed E-state index contributed by atoms with van der Waals surface area (Å²) in [5, 5.41) is 4.58. The molecule has 0 bridgehead atoms. The zero-order valence-corrected chi connectivity index (χ0v) is 13.0. The fourth-order valence-corrected chi connectivity index (χ4v) is 3.10. The Morgan fingerprint density at radius 3 is 2.57 bits per heavy atom. The number of hydrogen-bond acceptors (Lipinski definition) is 5. The molecule has 4 rings (SSSR count). The van der Waals surface area contributed by atoms with Crippen molar-refractivity contribution in [2.45, 2.75) is 31.7 Å². The quantitative estimate of drug-likeness (QED) is 0.901. The van der Waals surface area contributed by atoms with Gasteiger partial charge in [-0.3, -0.25) is 4.79 Å². The smallest absolute Gasteiger partial charge is 0.227 e. The predicted molar refractivity (Wildman–Crippen MR) is 90.3 cm³/mol. The van der Waals surface area contributed by atoms with Gasteiger partial charge in [0.25, 0.3) is 0 Å². The second-order valence-corrected chi connectivity index (χ2v) is 6.47. The SMILES string of the molecule is NC(=O)C1CCN(c2nc(NC3CC3)c3ccccc3n2)CC1. The Hall–Kier alpha value is -2.37. The van der Waals surface area contributed by atoms with Crippen LogP contribution >= 0.6 is 0 Å². The van der Waals surface area contributed by atoms with Crippen molar-refractivity contribution < 1.29 is 4.79 Å². The first kappa shape index (κ1) is 14.2. The van der Waals surface area contributed by atoms with Gasteiger partial charge in [0.1, 0.15) is 5.82 Å². The normalized spacial score (nSPS) is 19.0. The molecule has 2 fully saturated rings. The Morgan fingerprint density at radius 1 is 1.13 bits per heavy atom. The molecular weight excluding hydrogens is 290 g/mol. The average Bonchev–Trinajstić information content (AvgIpc) is 3.39. The lowest BCUT2D eigenvalue weighted by atomic mass is 9.96. The molecule has 6 heteroatoms. The van der Waals surface area contributed by atoms with Crippen LogP contribution in [0.5, 0.6) is 0 Å². The molecule has 0 radical (unpaired) electrons. The van der Waals surface area contributed by atoms with Gasteiger partial charge >= 0.3 is 0 Å². The summed E-state index contributed by atoms with van der Waals surface area (Å²) in [5.74, 6) is 1.45. The number of rotatable bonds is 4. The largest absolute Gasteiger partial charge is 0.369 e. The Kier molecular flexibility index (Phi) is 3.52. The molecule has 3 N–H and O–H groups in total. The average molecular weight is 311 g/mol. The van der Waals surface area contributed by atoms with Crippen LogP contribution in [0, 0.1) is 5.92 Å². The first-order valence-electron chi connectivity index (χ1n) is 8.28. The molecule has 1 amide bonds. The summed E-state index contributed by atoms with van der Waals surface area (Å²) in [5.41, 5.74) is 6.37. The van der Waals surface area contributed by atoms with Crippen molar-refractivity contribution in [1.29, 1.82) is 0 Å². The molecule has 6 nitrogen and oxygen atoms in total. The minimum absolute atomic E-state index is 0.0178. The van der Waals surface area contributed by atoms with Gasteiger partial charge in [0, 0.05) is 30.4 Å². The molecule has 2 heterocycles. The van der Waals surface area contributed by atoms with Gasteiger partial charge in [-0.15, -0.1) is 0 Å². The van der Waals surface area contributed by atoms with Crippen LogP contribution < -0.4 is 16.0 Å². The number of piperidine rings is 1. The number of carbonyl (C=O) groups excluding carboxylic acids is 1. The summed E-state index contributed by atoms with van der Waals surface area (Å²) in [6.45, 7) is 1.55. The van der Waals surface area contributed by atoms with Crippen LogP contribution in [0.4, 0.5) is 11.8 Å². The second kappa shape index (κ2) is 5.68. The molecule has 1 saturated carbocycles. The summed E-state index contributed by atoms with van der Waals surface area (Å²) in [6.07, 6.45) is 3.96. The van der Waals surface area contributed by atoms with Gasteiger partial charge < -0.3 is 16.0 Å². The molecule has 1 saturated heterocycles. The summed E-state index contributed by atoms with van der Waals surface area (Å²) in [4.78, 5) is 23.0. The minimum Gasteiger partial charge on any atom is -0.369 e. The standard InChI is InChI=1S/C17H21N5O/c18-15(23)11-7-9-22(10-8-11)17-20-14-4-2-1-3-13(14)16(21-17)19-12-5-6-12/h1-4,11-12H,5-10H2,(H2,18,23)(H,19,20,21). The number of aromatic nitrogens is 2. The second-order valence-electron chi connectivity index (χ2n) is 6.47. The number of anilines is 2. The Morgan fingerprint density at radius 2 is 1.87 bits per heavy atom. The molecule has 1 aromatic carbocycles. The van der Waals surface area contributed by atoms with Crippen LogP contribution in [0.1, 0.15) is 25.7 Å². The highest BCUT2D eigenvalue weighted by Gasteiger charge is 2.26. The monoisotopic (exact) mass is 311 g/mol. The molecule has 1 aliphatic heterocycles. The zero-order valence-electron chi connectivity index (χ0n) is 13.0. The summed E-state index contributed by atoms with van der Waals surface area (Å²) < 4.78 is 0. The molecule has 23 heavy (non-hydrogen) atoms. The van der Waals surface area contributed by atoms with Crippen molar-refractivity contribution in [1.82, 2.24) is 9.97 Å². The van der Waals surface area contributed by atoms with Crippen molar-refractivity contribution in [3.63, 3.8) is 0 Å². The van der Waals surface area contributed by atoms with E-state index in [4.69, 9.17) is 15.7 Å². The van der Waals surface area contributed by atoms with Crippen molar-refractivity contribution >= 4 is 28.6 Å². The van der Waals surface area contributed by atoms with Gasteiger partial charge in [0.05, 0.1) is 5.52 Å². The number of para-hydroxylation sites is 1. The fraction of sp³-hybridized carbons (Fsp3) is 0.471. The van der Waals surface area contributed by atoms with E-state index in [9.17, 15) is 4.79 Å². The number of carbonyl (C=O) groups is 1. The van der Waals surface area contributed by atoms with E-state index in [0.717, 1.165) is 48.6 Å². The van der Waals surface area contributed by atoms with Gasteiger partial charge in [-0.1, -0.05) is 12.1 Å². The van der Waals surface area contributed by atoms with E-state index >= 15 is 0 Å². The molecule has 2 aliphatic rings. The Balaban J connectivity index is 1.63. The minimum atomic E-state index is -0.194. The maximum absolute atomic E-state index is 11.3. The lowest BCUT2D eigenvalue weighted by molar-refractivity contribution is -0.122. The predicted octanol–water partition coefficient (Wildman–Crippen LogP) is 1.91. The lowest BCUT2D eigenvalue weighted by Crippen LogP contribution is -2.39.